The molecule has 2 aromatic rings. The molecular formula is C16H15F2NO2S. The molecule has 116 valence electrons. The molecule has 0 unspecified atom stereocenters. The van der Waals surface area contributed by atoms with Crippen LogP contribution in [-0.2, 0) is 16.4 Å². The number of halogens is 2. The molecule has 0 N–H and O–H groups in total. The summed E-state index contributed by atoms with van der Waals surface area (Å²) in [6.45, 7) is 2.07. The van der Waals surface area contributed by atoms with Gasteiger partial charge in [-0.2, -0.15) is 0 Å². The van der Waals surface area contributed by atoms with Crippen LogP contribution in [0.2, 0.25) is 0 Å². The first-order valence-corrected chi connectivity index (χ1v) is 8.41. The Hall–Kier alpha value is -1.95. The molecule has 0 amide bonds. The van der Waals surface area contributed by atoms with Gasteiger partial charge in [0.15, 0.2) is 4.90 Å². The minimum absolute atomic E-state index is 0.215. The van der Waals surface area contributed by atoms with E-state index >= 15 is 0 Å². The molecule has 22 heavy (non-hydrogen) atoms. The summed E-state index contributed by atoms with van der Waals surface area (Å²) in [7, 11) is -4.27. The predicted molar refractivity (Wildman–Crippen MR) is 80.4 cm³/mol. The standard InChI is InChI=1S/C16H15F2NO2S/c1-11-7-8-12-4-3-9-19(15(12)10-11)22(20,21)16-13(17)5-2-6-14(16)18/h2,5-8,10H,3-4,9H2,1H3. The molecule has 1 heterocycles. The molecule has 1 aliphatic rings. The summed E-state index contributed by atoms with van der Waals surface area (Å²) in [6, 6.07) is 8.57. The molecule has 0 spiro atoms. The van der Waals surface area contributed by atoms with Crippen molar-refractivity contribution in [1.29, 1.82) is 0 Å². The predicted octanol–water partition coefficient (Wildman–Crippen LogP) is 3.41. The molecular weight excluding hydrogens is 308 g/mol. The van der Waals surface area contributed by atoms with Gasteiger partial charge in [-0.25, -0.2) is 17.2 Å². The Labute approximate surface area is 128 Å². The molecule has 2 aromatic carbocycles. The van der Waals surface area contributed by atoms with Crippen LogP contribution < -0.4 is 4.31 Å². The summed E-state index contributed by atoms with van der Waals surface area (Å²) in [5, 5.41) is 0. The number of anilines is 1. The normalized spacial score (nSPS) is 14.8. The molecule has 6 heteroatoms. The Morgan fingerprint density at radius 3 is 2.45 bits per heavy atom. The molecule has 0 radical (unpaired) electrons. The number of benzene rings is 2. The molecule has 3 nitrogen and oxygen atoms in total. The fourth-order valence-electron chi connectivity index (χ4n) is 2.74. The number of hydrogen-bond donors (Lipinski definition) is 0. The van der Waals surface area contributed by atoms with E-state index in [2.05, 4.69) is 0 Å². The van der Waals surface area contributed by atoms with Crippen molar-refractivity contribution in [2.24, 2.45) is 0 Å². The molecule has 0 aromatic heterocycles. The third kappa shape index (κ3) is 2.37. The van der Waals surface area contributed by atoms with Crippen molar-refractivity contribution in [3.8, 4) is 0 Å². The van der Waals surface area contributed by atoms with E-state index in [4.69, 9.17) is 0 Å². The first kappa shape index (κ1) is 15.0. The minimum Gasteiger partial charge on any atom is -0.266 e. The minimum atomic E-state index is -4.27. The van der Waals surface area contributed by atoms with Gasteiger partial charge in [0, 0.05) is 6.54 Å². The summed E-state index contributed by atoms with van der Waals surface area (Å²) in [4.78, 5) is -0.885. The second kappa shape index (κ2) is 5.35. The summed E-state index contributed by atoms with van der Waals surface area (Å²) in [5.74, 6) is -2.14. The van der Waals surface area contributed by atoms with E-state index in [1.54, 1.807) is 6.07 Å². The Bertz CT molecular complexity index is 814. The lowest BCUT2D eigenvalue weighted by atomic mass is 10.0. The SMILES string of the molecule is Cc1ccc2c(c1)N(S(=O)(=O)c1c(F)cccc1F)CCC2. The summed E-state index contributed by atoms with van der Waals surface area (Å²) in [6.07, 6.45) is 1.37. The van der Waals surface area contributed by atoms with Gasteiger partial charge in [0.25, 0.3) is 10.0 Å². The first-order chi connectivity index (χ1) is 10.4. The van der Waals surface area contributed by atoms with Crippen LogP contribution in [0.25, 0.3) is 0 Å². The van der Waals surface area contributed by atoms with Gasteiger partial charge in [0.05, 0.1) is 5.69 Å². The third-order valence-corrected chi connectivity index (χ3v) is 5.65. The summed E-state index contributed by atoms with van der Waals surface area (Å²) in [5.41, 5.74) is 2.28. The van der Waals surface area contributed by atoms with Crippen molar-refractivity contribution in [3.05, 3.63) is 59.2 Å². The van der Waals surface area contributed by atoms with Gasteiger partial charge in [0.2, 0.25) is 0 Å². The Morgan fingerprint density at radius 2 is 1.77 bits per heavy atom. The average Bonchev–Trinajstić information content (AvgIpc) is 2.46. The lowest BCUT2D eigenvalue weighted by Gasteiger charge is -2.31. The number of fused-ring (bicyclic) bond motifs is 1. The van der Waals surface area contributed by atoms with E-state index < -0.39 is 26.6 Å². The summed E-state index contributed by atoms with van der Waals surface area (Å²) >= 11 is 0. The largest absolute Gasteiger partial charge is 0.270 e. The van der Waals surface area contributed by atoms with Crippen LogP contribution in [0.4, 0.5) is 14.5 Å². The van der Waals surface area contributed by atoms with E-state index in [0.717, 1.165) is 40.1 Å². The van der Waals surface area contributed by atoms with Crippen molar-refractivity contribution in [1.82, 2.24) is 0 Å². The van der Waals surface area contributed by atoms with Crippen molar-refractivity contribution in [2.75, 3.05) is 10.8 Å². The van der Waals surface area contributed by atoms with Crippen molar-refractivity contribution in [3.63, 3.8) is 0 Å². The highest BCUT2D eigenvalue weighted by atomic mass is 32.2. The molecule has 0 aliphatic carbocycles. The average molecular weight is 323 g/mol. The van der Waals surface area contributed by atoms with Crippen LogP contribution in [-0.4, -0.2) is 15.0 Å². The second-order valence-electron chi connectivity index (χ2n) is 5.36. The van der Waals surface area contributed by atoms with Gasteiger partial charge in [-0.05, 0) is 49.1 Å². The Morgan fingerprint density at radius 1 is 1.09 bits per heavy atom. The highest BCUT2D eigenvalue weighted by Gasteiger charge is 2.33. The number of nitrogens with zero attached hydrogens (tertiary/aromatic N) is 1. The lowest BCUT2D eigenvalue weighted by Crippen LogP contribution is -2.36. The van der Waals surface area contributed by atoms with Crippen LogP contribution in [0.3, 0.4) is 0 Å². The smallest absolute Gasteiger partial charge is 0.266 e. The maximum absolute atomic E-state index is 13.9. The second-order valence-corrected chi connectivity index (χ2v) is 7.16. The van der Waals surface area contributed by atoms with E-state index in [1.165, 1.54) is 0 Å². The van der Waals surface area contributed by atoms with Crippen LogP contribution in [0, 0.1) is 18.6 Å². The Kier molecular flexibility index (Phi) is 3.64. The third-order valence-electron chi connectivity index (χ3n) is 3.78. The zero-order valence-corrected chi connectivity index (χ0v) is 12.8. The van der Waals surface area contributed by atoms with E-state index in [-0.39, 0.29) is 6.54 Å². The van der Waals surface area contributed by atoms with Gasteiger partial charge in [-0.1, -0.05) is 18.2 Å². The maximum atomic E-state index is 13.9. The fraction of sp³-hybridized carbons (Fsp3) is 0.250. The van der Waals surface area contributed by atoms with E-state index in [0.29, 0.717) is 12.1 Å². The van der Waals surface area contributed by atoms with Crippen LogP contribution in [0.1, 0.15) is 17.5 Å². The number of sulfonamides is 1. The molecule has 0 saturated heterocycles. The number of rotatable bonds is 2. The van der Waals surface area contributed by atoms with Gasteiger partial charge in [0.1, 0.15) is 11.6 Å². The molecule has 0 fully saturated rings. The first-order valence-electron chi connectivity index (χ1n) is 6.97. The van der Waals surface area contributed by atoms with Crippen LogP contribution >= 0.6 is 0 Å². The van der Waals surface area contributed by atoms with Gasteiger partial charge < -0.3 is 0 Å². The molecule has 0 bridgehead atoms. The van der Waals surface area contributed by atoms with E-state index in [9.17, 15) is 17.2 Å². The number of hydrogen-bond acceptors (Lipinski definition) is 2. The zero-order chi connectivity index (χ0) is 15.9. The van der Waals surface area contributed by atoms with E-state index in [1.807, 2.05) is 19.1 Å². The van der Waals surface area contributed by atoms with Crippen molar-refractivity contribution in [2.45, 2.75) is 24.7 Å². The topological polar surface area (TPSA) is 37.4 Å². The number of aryl methyl sites for hydroxylation is 2. The van der Waals surface area contributed by atoms with Crippen LogP contribution in [0.15, 0.2) is 41.3 Å². The van der Waals surface area contributed by atoms with Gasteiger partial charge >= 0.3 is 0 Å². The van der Waals surface area contributed by atoms with Crippen molar-refractivity contribution < 1.29 is 17.2 Å². The quantitative estimate of drug-likeness (QED) is 0.849. The highest BCUT2D eigenvalue weighted by Crippen LogP contribution is 2.34. The fourth-order valence-corrected chi connectivity index (χ4v) is 4.39. The molecule has 0 saturated carbocycles. The summed E-state index contributed by atoms with van der Waals surface area (Å²) < 4.78 is 54.4. The van der Waals surface area contributed by atoms with Gasteiger partial charge in [-0.15, -0.1) is 0 Å². The lowest BCUT2D eigenvalue weighted by molar-refractivity contribution is 0.516. The van der Waals surface area contributed by atoms with Crippen LogP contribution in [0.5, 0.6) is 0 Å². The highest BCUT2D eigenvalue weighted by molar-refractivity contribution is 7.92. The molecule has 0 atom stereocenters. The van der Waals surface area contributed by atoms with Crippen molar-refractivity contribution >= 4 is 15.7 Å². The molecule has 1 aliphatic heterocycles. The maximum Gasteiger partial charge on any atom is 0.270 e. The monoisotopic (exact) mass is 323 g/mol. The van der Waals surface area contributed by atoms with Gasteiger partial charge in [-0.3, -0.25) is 4.31 Å². The Balaban J connectivity index is 2.18. The zero-order valence-electron chi connectivity index (χ0n) is 12.0. The molecule has 3 rings (SSSR count).